The highest BCUT2D eigenvalue weighted by atomic mass is 16.5. The zero-order valence-electron chi connectivity index (χ0n) is 9.67. The summed E-state index contributed by atoms with van der Waals surface area (Å²) >= 11 is 0. The van der Waals surface area contributed by atoms with Crippen LogP contribution < -0.4 is 10.5 Å². The Balaban J connectivity index is 1.94. The second-order valence-electron chi connectivity index (χ2n) is 3.72. The predicted octanol–water partition coefficient (Wildman–Crippen LogP) is 2.06. The van der Waals surface area contributed by atoms with E-state index in [0.717, 1.165) is 17.7 Å². The summed E-state index contributed by atoms with van der Waals surface area (Å²) in [4.78, 5) is 3.87. The van der Waals surface area contributed by atoms with E-state index in [0.29, 0.717) is 12.4 Å². The molecule has 1 unspecified atom stereocenters. The van der Waals surface area contributed by atoms with Crippen molar-refractivity contribution in [2.45, 2.75) is 26.0 Å². The number of hydrogen-bond donors (Lipinski definition) is 1. The first-order valence-corrected chi connectivity index (χ1v) is 5.53. The van der Waals surface area contributed by atoms with Gasteiger partial charge in [0, 0.05) is 6.04 Å². The molecule has 5 nitrogen and oxygen atoms in total. The molecule has 0 saturated heterocycles. The van der Waals surface area contributed by atoms with E-state index in [-0.39, 0.29) is 6.04 Å². The van der Waals surface area contributed by atoms with Crippen molar-refractivity contribution in [1.29, 1.82) is 0 Å². The summed E-state index contributed by atoms with van der Waals surface area (Å²) in [7, 11) is 0. The van der Waals surface area contributed by atoms with E-state index in [1.807, 2.05) is 24.3 Å². The number of nitrogens with two attached hydrogens (primary N) is 1. The lowest BCUT2D eigenvalue weighted by molar-refractivity contribution is 0.286. The molecule has 0 aliphatic heterocycles. The number of ether oxygens (including phenoxy) is 1. The lowest BCUT2D eigenvalue weighted by Gasteiger charge is -2.10. The first-order chi connectivity index (χ1) is 8.29. The Labute approximate surface area is 99.6 Å². The van der Waals surface area contributed by atoms with E-state index < -0.39 is 0 Å². The van der Waals surface area contributed by atoms with Crippen molar-refractivity contribution in [3.63, 3.8) is 0 Å². The van der Waals surface area contributed by atoms with E-state index in [4.69, 9.17) is 10.5 Å². The van der Waals surface area contributed by atoms with Gasteiger partial charge in [0.2, 0.25) is 12.2 Å². The third-order valence-corrected chi connectivity index (χ3v) is 2.52. The van der Waals surface area contributed by atoms with Gasteiger partial charge in [0.05, 0.1) is 0 Å². The predicted molar refractivity (Wildman–Crippen MR) is 62.3 cm³/mol. The van der Waals surface area contributed by atoms with Gasteiger partial charge in [0.1, 0.15) is 5.75 Å². The summed E-state index contributed by atoms with van der Waals surface area (Å²) in [5.74, 6) is 1.29. The molecule has 0 aliphatic rings. The molecule has 0 fully saturated rings. The molecule has 0 saturated carbocycles. The van der Waals surface area contributed by atoms with Crippen LogP contribution in [0.4, 0.5) is 0 Å². The minimum atomic E-state index is 0.0845. The summed E-state index contributed by atoms with van der Waals surface area (Å²) in [5, 5.41) is 3.66. The topological polar surface area (TPSA) is 74.2 Å². The maximum absolute atomic E-state index is 5.92. The second kappa shape index (κ2) is 5.45. The van der Waals surface area contributed by atoms with Crippen molar-refractivity contribution >= 4 is 0 Å². The van der Waals surface area contributed by atoms with Gasteiger partial charge >= 0.3 is 0 Å². The van der Waals surface area contributed by atoms with Gasteiger partial charge in [-0.2, -0.15) is 4.98 Å². The molecule has 2 rings (SSSR count). The van der Waals surface area contributed by atoms with Crippen molar-refractivity contribution in [3.8, 4) is 5.75 Å². The van der Waals surface area contributed by atoms with E-state index >= 15 is 0 Å². The van der Waals surface area contributed by atoms with Crippen molar-refractivity contribution in [2.24, 2.45) is 5.73 Å². The summed E-state index contributed by atoms with van der Waals surface area (Å²) in [6, 6.07) is 7.82. The Bertz CT molecular complexity index is 439. The largest absolute Gasteiger partial charge is 0.485 e. The van der Waals surface area contributed by atoms with Crippen LogP contribution in [-0.4, -0.2) is 10.1 Å². The maximum Gasteiger partial charge on any atom is 0.213 e. The normalized spacial score (nSPS) is 12.4. The quantitative estimate of drug-likeness (QED) is 0.855. The Hall–Kier alpha value is -1.88. The number of hydrogen-bond acceptors (Lipinski definition) is 5. The van der Waals surface area contributed by atoms with Crippen molar-refractivity contribution < 1.29 is 9.26 Å². The SMILES string of the molecule is CCC(N)c1ccc(OCc2ncon2)cc1. The molecule has 0 aliphatic carbocycles. The monoisotopic (exact) mass is 233 g/mol. The molecule has 0 radical (unpaired) electrons. The van der Waals surface area contributed by atoms with E-state index in [2.05, 4.69) is 21.6 Å². The maximum atomic E-state index is 5.92. The second-order valence-corrected chi connectivity index (χ2v) is 3.72. The summed E-state index contributed by atoms with van der Waals surface area (Å²) in [6.45, 7) is 2.36. The molecule has 1 aromatic heterocycles. The summed E-state index contributed by atoms with van der Waals surface area (Å²) < 4.78 is 10.1. The summed E-state index contributed by atoms with van der Waals surface area (Å²) in [5.41, 5.74) is 7.03. The van der Waals surface area contributed by atoms with Crippen LogP contribution in [-0.2, 0) is 6.61 Å². The van der Waals surface area contributed by atoms with E-state index in [1.54, 1.807) is 0 Å². The van der Waals surface area contributed by atoms with Crippen molar-refractivity contribution in [1.82, 2.24) is 10.1 Å². The van der Waals surface area contributed by atoms with Crippen LogP contribution in [0.15, 0.2) is 35.2 Å². The number of rotatable bonds is 5. The molecule has 1 aromatic carbocycles. The Kier molecular flexibility index (Phi) is 3.72. The highest BCUT2D eigenvalue weighted by molar-refractivity contribution is 5.28. The minimum Gasteiger partial charge on any atom is -0.485 e. The molecule has 5 heteroatoms. The molecule has 0 amide bonds. The van der Waals surface area contributed by atoms with Crippen LogP contribution in [0.5, 0.6) is 5.75 Å². The standard InChI is InChI=1S/C12H15N3O2/c1-2-11(13)9-3-5-10(6-4-9)16-7-12-14-8-17-15-12/h3-6,8,11H,2,7,13H2,1H3. The average molecular weight is 233 g/mol. The Morgan fingerprint density at radius 1 is 1.35 bits per heavy atom. The smallest absolute Gasteiger partial charge is 0.213 e. The molecule has 1 heterocycles. The fourth-order valence-electron chi connectivity index (χ4n) is 1.45. The third kappa shape index (κ3) is 3.04. The van der Waals surface area contributed by atoms with Crippen LogP contribution in [0, 0.1) is 0 Å². The van der Waals surface area contributed by atoms with Gasteiger partial charge in [-0.05, 0) is 24.1 Å². The third-order valence-electron chi connectivity index (χ3n) is 2.52. The van der Waals surface area contributed by atoms with Gasteiger partial charge in [-0.3, -0.25) is 0 Å². The van der Waals surface area contributed by atoms with Crippen molar-refractivity contribution in [2.75, 3.05) is 0 Å². The highest BCUT2D eigenvalue weighted by Crippen LogP contribution is 2.18. The molecule has 90 valence electrons. The molecule has 2 aromatic rings. The molecule has 2 N–H and O–H groups in total. The van der Waals surface area contributed by atoms with E-state index in [9.17, 15) is 0 Å². The number of benzene rings is 1. The summed E-state index contributed by atoms with van der Waals surface area (Å²) in [6.07, 6.45) is 2.20. The molecular formula is C12H15N3O2. The van der Waals surface area contributed by atoms with E-state index in [1.165, 1.54) is 6.39 Å². The molecular weight excluding hydrogens is 218 g/mol. The van der Waals surface area contributed by atoms with Gasteiger partial charge < -0.3 is 15.0 Å². The van der Waals surface area contributed by atoms with Gasteiger partial charge in [0.15, 0.2) is 6.61 Å². The number of nitrogens with zero attached hydrogens (tertiary/aromatic N) is 2. The zero-order chi connectivity index (χ0) is 12.1. The fraction of sp³-hybridized carbons (Fsp3) is 0.333. The van der Waals surface area contributed by atoms with Crippen LogP contribution in [0.2, 0.25) is 0 Å². The van der Waals surface area contributed by atoms with Gasteiger partial charge in [0.25, 0.3) is 0 Å². The fourth-order valence-corrected chi connectivity index (χ4v) is 1.45. The van der Waals surface area contributed by atoms with Gasteiger partial charge in [-0.1, -0.05) is 24.2 Å². The van der Waals surface area contributed by atoms with Crippen LogP contribution in [0.25, 0.3) is 0 Å². The lowest BCUT2D eigenvalue weighted by Crippen LogP contribution is -2.08. The first kappa shape index (κ1) is 11.6. The molecule has 0 spiro atoms. The van der Waals surface area contributed by atoms with Crippen molar-refractivity contribution in [3.05, 3.63) is 42.0 Å². The highest BCUT2D eigenvalue weighted by Gasteiger charge is 2.04. The minimum absolute atomic E-state index is 0.0845. The zero-order valence-corrected chi connectivity index (χ0v) is 9.67. The Morgan fingerprint density at radius 2 is 2.12 bits per heavy atom. The first-order valence-electron chi connectivity index (χ1n) is 5.53. The number of aromatic nitrogens is 2. The van der Waals surface area contributed by atoms with Crippen LogP contribution >= 0.6 is 0 Å². The lowest BCUT2D eigenvalue weighted by atomic mass is 10.1. The van der Waals surface area contributed by atoms with Crippen LogP contribution in [0.1, 0.15) is 30.8 Å². The molecule has 0 bridgehead atoms. The molecule has 1 atom stereocenters. The van der Waals surface area contributed by atoms with Gasteiger partial charge in [-0.15, -0.1) is 0 Å². The van der Waals surface area contributed by atoms with Crippen LogP contribution in [0.3, 0.4) is 0 Å². The van der Waals surface area contributed by atoms with Gasteiger partial charge in [-0.25, -0.2) is 0 Å². The average Bonchev–Trinajstić information content (AvgIpc) is 2.89. The Morgan fingerprint density at radius 3 is 2.71 bits per heavy atom. The molecule has 17 heavy (non-hydrogen) atoms.